The third kappa shape index (κ3) is 6.92. The van der Waals surface area contributed by atoms with E-state index in [4.69, 9.17) is 4.74 Å². The molecule has 242 valence electrons. The van der Waals surface area contributed by atoms with E-state index in [1.54, 1.807) is 44.2 Å². The van der Waals surface area contributed by atoms with Gasteiger partial charge in [-0.3, -0.25) is 29.0 Å². The third-order valence-corrected chi connectivity index (χ3v) is 7.66. The highest BCUT2D eigenvalue weighted by Crippen LogP contribution is 2.49. The maximum Gasteiger partial charge on any atom is 0.340 e. The summed E-state index contributed by atoms with van der Waals surface area (Å²) in [7, 11) is 0. The molecule has 0 unspecified atom stereocenters. The van der Waals surface area contributed by atoms with Crippen molar-refractivity contribution in [1.29, 1.82) is 0 Å². The maximum atomic E-state index is 14.0. The molecular weight excluding hydrogens is 604 g/mol. The molecular formula is C32H32N2O12. The zero-order valence-electron chi connectivity index (χ0n) is 24.9. The Balaban J connectivity index is 2.03. The number of fused-ring (bicyclic) bond motifs is 1. The van der Waals surface area contributed by atoms with Gasteiger partial charge in [-0.25, -0.2) is 4.79 Å². The summed E-state index contributed by atoms with van der Waals surface area (Å²) in [5.74, 6) is -6.21. The summed E-state index contributed by atoms with van der Waals surface area (Å²) in [5.41, 5.74) is 0.720. The van der Waals surface area contributed by atoms with Gasteiger partial charge in [-0.1, -0.05) is 24.3 Å². The number of nitrogens with zero attached hydrogens (tertiary/aromatic N) is 2. The fourth-order valence-corrected chi connectivity index (χ4v) is 5.70. The van der Waals surface area contributed by atoms with Gasteiger partial charge in [-0.05, 0) is 60.4 Å². The number of esters is 1. The van der Waals surface area contributed by atoms with E-state index in [0.29, 0.717) is 22.3 Å². The number of aliphatic carboxylic acids is 4. The largest absolute Gasteiger partial charge is 0.508 e. The van der Waals surface area contributed by atoms with E-state index in [-0.39, 0.29) is 40.3 Å². The highest BCUT2D eigenvalue weighted by molar-refractivity contribution is 5.98. The second kappa shape index (κ2) is 13.3. The molecule has 6 N–H and O–H groups in total. The summed E-state index contributed by atoms with van der Waals surface area (Å²) >= 11 is 0. The van der Waals surface area contributed by atoms with Crippen molar-refractivity contribution in [1.82, 2.24) is 9.80 Å². The average molecular weight is 637 g/mol. The second-order valence-electron chi connectivity index (χ2n) is 11.1. The average Bonchev–Trinajstić information content (AvgIpc) is 3.24. The van der Waals surface area contributed by atoms with E-state index in [1.165, 1.54) is 18.2 Å². The molecule has 14 heteroatoms. The zero-order chi connectivity index (χ0) is 33.9. The molecule has 0 saturated heterocycles. The first-order chi connectivity index (χ1) is 21.6. The lowest BCUT2D eigenvalue weighted by molar-refractivity contribution is -0.144. The molecule has 0 aliphatic carbocycles. The Labute approximate surface area is 262 Å². The van der Waals surface area contributed by atoms with Crippen LogP contribution in [0.2, 0.25) is 0 Å². The number of hydrogen-bond acceptors (Lipinski definition) is 10. The van der Waals surface area contributed by atoms with Crippen molar-refractivity contribution in [3.63, 3.8) is 0 Å². The van der Waals surface area contributed by atoms with Gasteiger partial charge in [0.15, 0.2) is 5.60 Å². The number of carboxylic acids is 4. The molecule has 0 atom stereocenters. The van der Waals surface area contributed by atoms with Gasteiger partial charge >= 0.3 is 29.8 Å². The molecule has 0 amide bonds. The minimum absolute atomic E-state index is 0.0173. The molecule has 14 nitrogen and oxygen atoms in total. The summed E-state index contributed by atoms with van der Waals surface area (Å²) < 4.78 is 6.20. The number of carbonyl (C=O) groups is 5. The van der Waals surface area contributed by atoms with Gasteiger partial charge in [0.25, 0.3) is 0 Å². The predicted octanol–water partition coefficient (Wildman–Crippen LogP) is 2.12. The van der Waals surface area contributed by atoms with Crippen LogP contribution in [0.3, 0.4) is 0 Å². The van der Waals surface area contributed by atoms with Crippen molar-refractivity contribution in [2.45, 2.75) is 32.5 Å². The highest BCUT2D eigenvalue weighted by atomic mass is 16.6. The van der Waals surface area contributed by atoms with E-state index < -0.39 is 68.2 Å². The van der Waals surface area contributed by atoms with Crippen LogP contribution in [0.4, 0.5) is 0 Å². The van der Waals surface area contributed by atoms with Gasteiger partial charge in [0.2, 0.25) is 0 Å². The summed E-state index contributed by atoms with van der Waals surface area (Å²) in [4.78, 5) is 62.6. The van der Waals surface area contributed by atoms with Gasteiger partial charge in [-0.15, -0.1) is 0 Å². The molecule has 0 radical (unpaired) electrons. The normalized spacial score (nSPS) is 13.4. The number of aromatic hydroxyl groups is 2. The number of carbonyl (C=O) groups excluding carboxylic acids is 1. The molecule has 1 aliphatic rings. The Morgan fingerprint density at radius 1 is 0.674 bits per heavy atom. The number of aryl methyl sites for hydroxylation is 2. The number of benzene rings is 3. The summed E-state index contributed by atoms with van der Waals surface area (Å²) in [6.45, 7) is -0.206. The van der Waals surface area contributed by atoms with Crippen LogP contribution in [0, 0.1) is 13.8 Å². The Hall–Kier alpha value is -5.47. The number of hydrogen-bond donors (Lipinski definition) is 6. The molecule has 0 fully saturated rings. The summed E-state index contributed by atoms with van der Waals surface area (Å²) in [5, 5.41) is 58.4. The van der Waals surface area contributed by atoms with Crippen molar-refractivity contribution in [3.8, 4) is 11.5 Å². The van der Waals surface area contributed by atoms with Crippen LogP contribution in [0.1, 0.15) is 49.3 Å². The number of phenolic OH excluding ortho intramolecular Hbond substituents is 2. The van der Waals surface area contributed by atoms with Crippen LogP contribution in [-0.4, -0.2) is 96.5 Å². The minimum Gasteiger partial charge on any atom is -0.508 e. The molecule has 3 aromatic rings. The standard InChI is InChI=1S/C32H32N2O12/c1-17-9-20(4-7-24(17)35)32(21-5-8-25(36)18(2)10-21)23-6-3-19(11-33(13-26(37)38)14-27(39)40)22(30(23)31(45)46-32)12-34(15-28(41)42)16-29(43)44/h3-10,35-36H,11-16H2,1-2H3,(H,37,38)(H,39,40)(H,41,42)(H,43,44). The fraction of sp³-hybridized carbons (Fsp3) is 0.281. The van der Waals surface area contributed by atoms with Crippen LogP contribution in [0.15, 0.2) is 48.5 Å². The molecule has 1 aliphatic heterocycles. The third-order valence-electron chi connectivity index (χ3n) is 7.66. The minimum atomic E-state index is -1.65. The number of carboxylic acid groups (broad SMARTS) is 4. The smallest absolute Gasteiger partial charge is 0.340 e. The Morgan fingerprint density at radius 3 is 1.52 bits per heavy atom. The van der Waals surface area contributed by atoms with Crippen molar-refractivity contribution in [2.24, 2.45) is 0 Å². The second-order valence-corrected chi connectivity index (χ2v) is 11.1. The molecule has 46 heavy (non-hydrogen) atoms. The van der Waals surface area contributed by atoms with Crippen LogP contribution in [-0.2, 0) is 42.6 Å². The van der Waals surface area contributed by atoms with E-state index in [9.17, 15) is 54.6 Å². The maximum absolute atomic E-state index is 14.0. The van der Waals surface area contributed by atoms with Gasteiger partial charge in [0, 0.05) is 29.8 Å². The molecule has 0 bridgehead atoms. The first kappa shape index (κ1) is 33.4. The summed E-state index contributed by atoms with van der Waals surface area (Å²) in [6, 6.07) is 12.3. The predicted molar refractivity (Wildman–Crippen MR) is 159 cm³/mol. The topological polar surface area (TPSA) is 222 Å². The number of cyclic esters (lactones) is 1. The first-order valence-electron chi connectivity index (χ1n) is 13.9. The van der Waals surface area contributed by atoms with Gasteiger partial charge in [0.05, 0.1) is 31.7 Å². The fourth-order valence-electron chi connectivity index (χ4n) is 5.70. The van der Waals surface area contributed by atoms with Crippen molar-refractivity contribution in [3.05, 3.63) is 93.0 Å². The lowest BCUT2D eigenvalue weighted by atomic mass is 9.77. The number of ether oxygens (including phenoxy) is 1. The van der Waals surface area contributed by atoms with Crippen LogP contribution >= 0.6 is 0 Å². The van der Waals surface area contributed by atoms with Gasteiger partial charge < -0.3 is 35.4 Å². The molecule has 4 rings (SSSR count). The van der Waals surface area contributed by atoms with Gasteiger partial charge in [0.1, 0.15) is 11.5 Å². The van der Waals surface area contributed by atoms with Crippen LogP contribution in [0.25, 0.3) is 0 Å². The molecule has 0 spiro atoms. The Kier molecular flexibility index (Phi) is 9.63. The Morgan fingerprint density at radius 2 is 1.11 bits per heavy atom. The van der Waals surface area contributed by atoms with E-state index in [0.717, 1.165) is 9.80 Å². The quantitative estimate of drug-likeness (QED) is 0.140. The molecule has 0 saturated carbocycles. The Bertz CT molecular complexity index is 1650. The van der Waals surface area contributed by atoms with E-state index >= 15 is 0 Å². The van der Waals surface area contributed by atoms with Gasteiger partial charge in [-0.2, -0.15) is 0 Å². The van der Waals surface area contributed by atoms with E-state index in [2.05, 4.69) is 0 Å². The highest BCUT2D eigenvalue weighted by Gasteiger charge is 2.50. The van der Waals surface area contributed by atoms with E-state index in [1.807, 2.05) is 0 Å². The number of phenols is 2. The zero-order valence-corrected chi connectivity index (χ0v) is 24.9. The SMILES string of the molecule is Cc1cc(C2(c3ccc(O)c(C)c3)OC(=O)c3c2ccc(CN(CC(=O)O)CC(=O)O)c3CN(CC(=O)O)CC(=O)O)ccc1O. The molecule has 0 aromatic heterocycles. The van der Waals surface area contributed by atoms with Crippen molar-refractivity contribution in [2.75, 3.05) is 26.2 Å². The van der Waals surface area contributed by atoms with Crippen molar-refractivity contribution >= 4 is 29.8 Å². The van der Waals surface area contributed by atoms with Crippen LogP contribution < -0.4 is 0 Å². The monoisotopic (exact) mass is 636 g/mol. The molecule has 1 heterocycles. The van der Waals surface area contributed by atoms with Crippen LogP contribution in [0.5, 0.6) is 11.5 Å². The number of rotatable bonds is 14. The van der Waals surface area contributed by atoms with Crippen molar-refractivity contribution < 1.29 is 59.3 Å². The lowest BCUT2D eigenvalue weighted by Crippen LogP contribution is -2.36. The summed E-state index contributed by atoms with van der Waals surface area (Å²) in [6.07, 6.45) is 0. The first-order valence-corrected chi connectivity index (χ1v) is 13.9. The lowest BCUT2D eigenvalue weighted by Gasteiger charge is -2.31. The molecule has 3 aromatic carbocycles.